The van der Waals surface area contributed by atoms with Crippen molar-refractivity contribution in [2.24, 2.45) is 5.92 Å². The summed E-state index contributed by atoms with van der Waals surface area (Å²) in [7, 11) is 1.39. The van der Waals surface area contributed by atoms with Gasteiger partial charge >= 0.3 is 11.8 Å². The van der Waals surface area contributed by atoms with Crippen LogP contribution in [0.1, 0.15) is 45.2 Å². The Labute approximate surface area is 300 Å². The smallest absolute Gasteiger partial charge is 0.314 e. The second-order valence-corrected chi connectivity index (χ2v) is 14.8. The molecule has 2 aromatic heterocycles. The van der Waals surface area contributed by atoms with Crippen molar-refractivity contribution in [3.05, 3.63) is 68.8 Å². The summed E-state index contributed by atoms with van der Waals surface area (Å²) in [6.07, 6.45) is 3.42. The first kappa shape index (κ1) is 39.8. The standard InChI is InChI=1S/C24H30ClN7O4S.C7H8O3S.ClH/c1-31(2)24(36)13-4-6-15(27-20(33)21(34)30-19-7-5-14(25)11-26-19)17(10-13)28-22(35)23-29-16-8-9-32(3)12-18(16)37-23;1-6-2-4-7(5-3-6)11(8,9)10;/h5,7,11,13,15,17H,4,6,8-10,12H2,1-3H3,(H,27,33)(H,28,35)(H,26,30,34);2-5H,1H3,(H,8,9,10);1H/t13-,15-,17+;;/m0../s1. The SMILES string of the molecule is CN1CCc2nc(C(=O)N[C@@H]3C[C@@H](C(=O)N(C)C)CC[C@@H]3NC(=O)C(=O)Nc3ccc(Cl)cn3)sc2C1.Cc1ccc(S(=O)(=O)O)cc1.Cl. The molecular weight excluding hydrogens is 717 g/mol. The normalized spacial score (nSPS) is 18.8. The van der Waals surface area contributed by atoms with Gasteiger partial charge in [0.25, 0.3) is 16.0 Å². The summed E-state index contributed by atoms with van der Waals surface area (Å²) in [6, 6.07) is 7.93. The molecule has 18 heteroatoms. The van der Waals surface area contributed by atoms with Crippen LogP contribution in [0.3, 0.4) is 0 Å². The van der Waals surface area contributed by atoms with Gasteiger partial charge in [0.05, 0.1) is 21.7 Å². The van der Waals surface area contributed by atoms with Crippen molar-refractivity contribution in [2.45, 2.75) is 56.1 Å². The zero-order valence-corrected chi connectivity index (χ0v) is 30.5. The highest BCUT2D eigenvalue weighted by molar-refractivity contribution is 7.85. The molecule has 3 atom stereocenters. The number of hydrogen-bond acceptors (Lipinski definition) is 10. The summed E-state index contributed by atoms with van der Waals surface area (Å²) in [5.41, 5.74) is 1.90. The van der Waals surface area contributed by atoms with Gasteiger partial charge in [0.1, 0.15) is 5.82 Å². The average Bonchev–Trinajstić information content (AvgIpc) is 3.46. The van der Waals surface area contributed by atoms with Crippen molar-refractivity contribution >= 4 is 74.9 Å². The van der Waals surface area contributed by atoms with E-state index in [9.17, 15) is 27.6 Å². The number of thiazole rings is 1. The Morgan fingerprint density at radius 2 is 1.71 bits per heavy atom. The number of likely N-dealkylation sites (N-methyl/N-ethyl adjacent to an activating group) is 1. The molecule has 1 aliphatic heterocycles. The molecule has 0 radical (unpaired) electrons. The number of aromatic nitrogens is 2. The van der Waals surface area contributed by atoms with E-state index in [0.717, 1.165) is 35.6 Å². The van der Waals surface area contributed by atoms with Crippen LogP contribution < -0.4 is 16.0 Å². The number of nitrogens with zero attached hydrogens (tertiary/aromatic N) is 4. The molecule has 5 rings (SSSR count). The molecule has 14 nitrogen and oxygen atoms in total. The summed E-state index contributed by atoms with van der Waals surface area (Å²) in [6.45, 7) is 3.48. The Balaban J connectivity index is 0.000000462. The number of halogens is 2. The average molecular weight is 757 g/mol. The first-order valence-electron chi connectivity index (χ1n) is 15.1. The summed E-state index contributed by atoms with van der Waals surface area (Å²) in [5.74, 6) is -2.25. The summed E-state index contributed by atoms with van der Waals surface area (Å²) in [5, 5.41) is 8.91. The third-order valence-electron chi connectivity index (χ3n) is 7.88. The maximum atomic E-state index is 13.2. The molecular formula is C31H39Cl2N7O7S2. The Kier molecular flexibility index (Phi) is 14.1. The Bertz CT molecular complexity index is 1750. The second-order valence-electron chi connectivity index (χ2n) is 11.9. The number of rotatable bonds is 6. The number of fused-ring (bicyclic) bond motifs is 1. The molecule has 4 N–H and O–H groups in total. The fourth-order valence-corrected chi connectivity index (χ4v) is 6.99. The van der Waals surface area contributed by atoms with Crippen molar-refractivity contribution in [1.82, 2.24) is 30.4 Å². The molecule has 1 aromatic carbocycles. The van der Waals surface area contributed by atoms with Crippen LogP contribution in [0.2, 0.25) is 5.02 Å². The van der Waals surface area contributed by atoms with Crippen LogP contribution in [0.15, 0.2) is 47.5 Å². The van der Waals surface area contributed by atoms with Crippen molar-refractivity contribution in [3.8, 4) is 0 Å². The number of carbonyl (C=O) groups excluding carboxylic acids is 4. The zero-order chi connectivity index (χ0) is 35.2. The topological polar surface area (TPSA) is 191 Å². The van der Waals surface area contributed by atoms with Gasteiger partial charge in [-0.2, -0.15) is 8.42 Å². The number of amides is 4. The van der Waals surface area contributed by atoms with E-state index in [2.05, 4.69) is 30.8 Å². The number of anilines is 1. The largest absolute Gasteiger partial charge is 0.349 e. The second kappa shape index (κ2) is 17.3. The highest BCUT2D eigenvalue weighted by Gasteiger charge is 2.37. The van der Waals surface area contributed by atoms with E-state index >= 15 is 0 Å². The van der Waals surface area contributed by atoms with Gasteiger partial charge in [-0.25, -0.2) is 9.97 Å². The van der Waals surface area contributed by atoms with Crippen LogP contribution in [0.25, 0.3) is 0 Å². The van der Waals surface area contributed by atoms with Crippen molar-refractivity contribution in [1.29, 1.82) is 0 Å². The van der Waals surface area contributed by atoms with E-state index in [4.69, 9.17) is 16.2 Å². The zero-order valence-electron chi connectivity index (χ0n) is 27.3. The third kappa shape index (κ3) is 11.2. The van der Waals surface area contributed by atoms with Crippen molar-refractivity contribution < 1.29 is 32.1 Å². The minimum Gasteiger partial charge on any atom is -0.349 e. The maximum absolute atomic E-state index is 13.2. The van der Waals surface area contributed by atoms with Gasteiger partial charge in [0, 0.05) is 56.6 Å². The lowest BCUT2D eigenvalue weighted by Crippen LogP contribution is -2.57. The first-order chi connectivity index (χ1) is 22.6. The Hall–Kier alpha value is -3.67. The Morgan fingerprint density at radius 3 is 2.33 bits per heavy atom. The van der Waals surface area contributed by atoms with Crippen LogP contribution in [-0.4, -0.2) is 96.1 Å². The van der Waals surface area contributed by atoms with Gasteiger partial charge in [-0.15, -0.1) is 23.7 Å². The number of carbonyl (C=O) groups is 4. The van der Waals surface area contributed by atoms with Crippen LogP contribution >= 0.6 is 35.3 Å². The summed E-state index contributed by atoms with van der Waals surface area (Å²) < 4.78 is 29.6. The van der Waals surface area contributed by atoms with E-state index in [1.165, 1.54) is 40.6 Å². The van der Waals surface area contributed by atoms with Gasteiger partial charge in [-0.3, -0.25) is 23.7 Å². The molecule has 2 aliphatic rings. The molecule has 49 heavy (non-hydrogen) atoms. The molecule has 4 amide bonds. The number of benzene rings is 1. The quantitative estimate of drug-likeness (QED) is 0.215. The molecule has 3 heterocycles. The van der Waals surface area contributed by atoms with E-state index in [-0.39, 0.29) is 40.9 Å². The fraction of sp³-hybridized carbons (Fsp3) is 0.419. The third-order valence-corrected chi connectivity index (χ3v) is 10.1. The molecule has 0 saturated heterocycles. The van der Waals surface area contributed by atoms with E-state index < -0.39 is 34.0 Å². The summed E-state index contributed by atoms with van der Waals surface area (Å²) >= 11 is 7.17. The maximum Gasteiger partial charge on any atom is 0.314 e. The monoisotopic (exact) mass is 755 g/mol. The number of hydrogen-bond donors (Lipinski definition) is 4. The van der Waals surface area contributed by atoms with Crippen LogP contribution in [0, 0.1) is 12.8 Å². The van der Waals surface area contributed by atoms with Gasteiger partial charge in [0.2, 0.25) is 5.91 Å². The number of pyridine rings is 1. The minimum absolute atomic E-state index is 0. The van der Waals surface area contributed by atoms with Crippen molar-refractivity contribution in [3.63, 3.8) is 0 Å². The highest BCUT2D eigenvalue weighted by atomic mass is 35.5. The molecule has 266 valence electrons. The predicted molar refractivity (Wildman–Crippen MR) is 187 cm³/mol. The molecule has 1 aliphatic carbocycles. The summed E-state index contributed by atoms with van der Waals surface area (Å²) in [4.78, 5) is 64.2. The number of aryl methyl sites for hydroxylation is 1. The van der Waals surface area contributed by atoms with Gasteiger partial charge in [-0.1, -0.05) is 29.3 Å². The van der Waals surface area contributed by atoms with Crippen LogP contribution in [-0.2, 0) is 37.5 Å². The fourth-order valence-electron chi connectivity index (χ4n) is 5.31. The van der Waals surface area contributed by atoms with Gasteiger partial charge in [-0.05, 0) is 57.5 Å². The van der Waals surface area contributed by atoms with Crippen molar-refractivity contribution in [2.75, 3.05) is 33.0 Å². The molecule has 0 unspecified atom stereocenters. The lowest BCUT2D eigenvalue weighted by molar-refractivity contribution is -0.137. The van der Waals surface area contributed by atoms with Gasteiger partial charge < -0.3 is 25.8 Å². The molecule has 1 saturated carbocycles. The first-order valence-corrected chi connectivity index (χ1v) is 17.7. The predicted octanol–water partition coefficient (Wildman–Crippen LogP) is 2.95. The minimum atomic E-state index is -4.02. The molecule has 0 spiro atoms. The Morgan fingerprint density at radius 1 is 1.02 bits per heavy atom. The molecule has 1 fully saturated rings. The van der Waals surface area contributed by atoms with E-state index in [1.807, 2.05) is 14.0 Å². The van der Waals surface area contributed by atoms with Crippen LogP contribution in [0.5, 0.6) is 0 Å². The lowest BCUT2D eigenvalue weighted by Gasteiger charge is -2.37. The number of nitrogens with one attached hydrogen (secondary N) is 3. The molecule has 0 bridgehead atoms. The van der Waals surface area contributed by atoms with Crippen LogP contribution in [0.4, 0.5) is 5.82 Å². The van der Waals surface area contributed by atoms with E-state index in [1.54, 1.807) is 32.3 Å². The molecule has 3 aromatic rings. The van der Waals surface area contributed by atoms with Gasteiger partial charge in [0.15, 0.2) is 5.01 Å². The van der Waals surface area contributed by atoms with E-state index in [0.29, 0.717) is 29.3 Å². The lowest BCUT2D eigenvalue weighted by atomic mass is 9.81. The highest BCUT2D eigenvalue weighted by Crippen LogP contribution is 2.28.